The Morgan fingerprint density at radius 3 is 2.56 bits per heavy atom. The van der Waals surface area contributed by atoms with Gasteiger partial charge >= 0.3 is 5.97 Å². The number of likely N-dealkylation sites (tertiary alicyclic amines) is 1. The Morgan fingerprint density at radius 1 is 1.38 bits per heavy atom. The molecule has 1 saturated heterocycles. The standard InChI is InChI=1S/C12H24N2O2/c1-4-16-12(15)11(3)13-9-10(2)14-7-5-6-8-14/h10-11,13H,4-9H2,1-3H3. The van der Waals surface area contributed by atoms with Gasteiger partial charge < -0.3 is 10.1 Å². The van der Waals surface area contributed by atoms with Crippen molar-refractivity contribution in [2.24, 2.45) is 0 Å². The van der Waals surface area contributed by atoms with E-state index in [9.17, 15) is 4.79 Å². The third-order valence-electron chi connectivity index (χ3n) is 3.12. The Labute approximate surface area is 98.3 Å². The molecule has 1 N–H and O–H groups in total. The first-order valence-electron chi connectivity index (χ1n) is 6.29. The predicted octanol–water partition coefficient (Wildman–Crippen LogP) is 1.01. The summed E-state index contributed by atoms with van der Waals surface area (Å²) in [5, 5.41) is 3.23. The Kier molecular flexibility index (Phi) is 5.77. The fraction of sp³-hybridized carbons (Fsp3) is 0.917. The summed E-state index contributed by atoms with van der Waals surface area (Å²) in [7, 11) is 0. The number of hydrogen-bond donors (Lipinski definition) is 1. The lowest BCUT2D eigenvalue weighted by Gasteiger charge is -2.25. The molecule has 0 saturated carbocycles. The van der Waals surface area contributed by atoms with E-state index in [4.69, 9.17) is 4.74 Å². The van der Waals surface area contributed by atoms with Crippen LogP contribution < -0.4 is 5.32 Å². The average Bonchev–Trinajstić information content (AvgIpc) is 2.79. The molecule has 1 aliphatic heterocycles. The molecule has 0 aromatic heterocycles. The zero-order valence-corrected chi connectivity index (χ0v) is 10.7. The van der Waals surface area contributed by atoms with Gasteiger partial charge in [-0.15, -0.1) is 0 Å². The van der Waals surface area contributed by atoms with Crippen LogP contribution in [0.5, 0.6) is 0 Å². The van der Waals surface area contributed by atoms with Gasteiger partial charge in [0, 0.05) is 12.6 Å². The van der Waals surface area contributed by atoms with Crippen LogP contribution in [-0.2, 0) is 9.53 Å². The van der Waals surface area contributed by atoms with Crippen LogP contribution in [0.1, 0.15) is 33.6 Å². The lowest BCUT2D eigenvalue weighted by molar-refractivity contribution is -0.145. The smallest absolute Gasteiger partial charge is 0.322 e. The maximum Gasteiger partial charge on any atom is 0.322 e. The minimum Gasteiger partial charge on any atom is -0.465 e. The number of rotatable bonds is 6. The quantitative estimate of drug-likeness (QED) is 0.689. The fourth-order valence-electron chi connectivity index (χ4n) is 2.01. The van der Waals surface area contributed by atoms with Gasteiger partial charge in [0.05, 0.1) is 6.61 Å². The lowest BCUT2D eigenvalue weighted by atomic mass is 10.2. The van der Waals surface area contributed by atoms with Crippen molar-refractivity contribution in [1.82, 2.24) is 10.2 Å². The molecule has 0 aliphatic carbocycles. The average molecular weight is 228 g/mol. The molecule has 0 radical (unpaired) electrons. The van der Waals surface area contributed by atoms with Crippen LogP contribution in [0.15, 0.2) is 0 Å². The van der Waals surface area contributed by atoms with Gasteiger partial charge in [-0.1, -0.05) is 0 Å². The van der Waals surface area contributed by atoms with Gasteiger partial charge in [0.25, 0.3) is 0 Å². The summed E-state index contributed by atoms with van der Waals surface area (Å²) in [6.07, 6.45) is 2.61. The van der Waals surface area contributed by atoms with Gasteiger partial charge in [-0.25, -0.2) is 0 Å². The number of esters is 1. The van der Waals surface area contributed by atoms with E-state index in [0.717, 1.165) is 6.54 Å². The van der Waals surface area contributed by atoms with Gasteiger partial charge in [0.1, 0.15) is 6.04 Å². The van der Waals surface area contributed by atoms with E-state index in [1.54, 1.807) is 0 Å². The van der Waals surface area contributed by atoms with Gasteiger partial charge in [-0.2, -0.15) is 0 Å². The first-order valence-corrected chi connectivity index (χ1v) is 6.29. The van der Waals surface area contributed by atoms with Gasteiger partial charge in [0.2, 0.25) is 0 Å². The van der Waals surface area contributed by atoms with Crippen molar-refractivity contribution in [3.8, 4) is 0 Å². The van der Waals surface area contributed by atoms with Crippen molar-refractivity contribution in [1.29, 1.82) is 0 Å². The lowest BCUT2D eigenvalue weighted by Crippen LogP contribution is -2.44. The van der Waals surface area contributed by atoms with E-state index in [2.05, 4.69) is 17.1 Å². The zero-order chi connectivity index (χ0) is 12.0. The number of carbonyl (C=O) groups is 1. The summed E-state index contributed by atoms with van der Waals surface area (Å²) in [4.78, 5) is 13.8. The first-order chi connectivity index (χ1) is 7.65. The van der Waals surface area contributed by atoms with Gasteiger partial charge in [0.15, 0.2) is 0 Å². The highest BCUT2D eigenvalue weighted by molar-refractivity contribution is 5.75. The molecular weight excluding hydrogens is 204 g/mol. The molecule has 4 nitrogen and oxygen atoms in total. The van der Waals surface area contributed by atoms with Crippen LogP contribution in [0.3, 0.4) is 0 Å². The maximum absolute atomic E-state index is 11.4. The van der Waals surface area contributed by atoms with Crippen LogP contribution in [0, 0.1) is 0 Å². The molecule has 4 heteroatoms. The van der Waals surface area contributed by atoms with Crippen LogP contribution >= 0.6 is 0 Å². The molecule has 0 aromatic rings. The second-order valence-electron chi connectivity index (χ2n) is 4.47. The number of hydrogen-bond acceptors (Lipinski definition) is 4. The second kappa shape index (κ2) is 6.86. The van der Waals surface area contributed by atoms with E-state index in [-0.39, 0.29) is 12.0 Å². The maximum atomic E-state index is 11.4. The van der Waals surface area contributed by atoms with E-state index in [1.807, 2.05) is 13.8 Å². The summed E-state index contributed by atoms with van der Waals surface area (Å²) < 4.78 is 4.95. The minimum atomic E-state index is -0.204. The SMILES string of the molecule is CCOC(=O)C(C)NCC(C)N1CCCC1. The summed E-state index contributed by atoms with van der Waals surface area (Å²) in [5.74, 6) is -0.156. The Hall–Kier alpha value is -0.610. The first kappa shape index (κ1) is 13.5. The van der Waals surface area contributed by atoms with Gasteiger partial charge in [-0.3, -0.25) is 9.69 Å². The van der Waals surface area contributed by atoms with Crippen LogP contribution in [0.25, 0.3) is 0 Å². The molecular formula is C12H24N2O2. The molecule has 0 bridgehead atoms. The molecule has 2 atom stereocenters. The minimum absolute atomic E-state index is 0.156. The van der Waals surface area contributed by atoms with E-state index < -0.39 is 0 Å². The Balaban J connectivity index is 2.19. The van der Waals surface area contributed by atoms with Crippen molar-refractivity contribution in [3.63, 3.8) is 0 Å². The van der Waals surface area contributed by atoms with Crippen LogP contribution in [-0.4, -0.2) is 49.2 Å². The molecule has 0 aromatic carbocycles. The molecule has 1 aliphatic rings. The van der Waals surface area contributed by atoms with Crippen molar-refractivity contribution < 1.29 is 9.53 Å². The Bertz CT molecular complexity index is 215. The van der Waals surface area contributed by atoms with Crippen molar-refractivity contribution in [2.45, 2.75) is 45.7 Å². The molecule has 94 valence electrons. The van der Waals surface area contributed by atoms with Gasteiger partial charge in [-0.05, 0) is 46.7 Å². The van der Waals surface area contributed by atoms with Crippen molar-refractivity contribution >= 4 is 5.97 Å². The second-order valence-corrected chi connectivity index (χ2v) is 4.47. The molecule has 2 unspecified atom stereocenters. The molecule has 0 spiro atoms. The largest absolute Gasteiger partial charge is 0.465 e. The number of ether oxygens (including phenoxy) is 1. The predicted molar refractivity (Wildman–Crippen MR) is 64.4 cm³/mol. The topological polar surface area (TPSA) is 41.6 Å². The van der Waals surface area contributed by atoms with E-state index in [1.165, 1.54) is 25.9 Å². The van der Waals surface area contributed by atoms with Crippen LogP contribution in [0.4, 0.5) is 0 Å². The summed E-state index contributed by atoms with van der Waals surface area (Å²) in [6.45, 7) is 9.57. The van der Waals surface area contributed by atoms with E-state index in [0.29, 0.717) is 12.6 Å². The third-order valence-corrected chi connectivity index (χ3v) is 3.12. The molecule has 1 rings (SSSR count). The summed E-state index contributed by atoms with van der Waals surface area (Å²) in [5.41, 5.74) is 0. The highest BCUT2D eigenvalue weighted by Gasteiger charge is 2.20. The van der Waals surface area contributed by atoms with E-state index >= 15 is 0 Å². The highest BCUT2D eigenvalue weighted by atomic mass is 16.5. The third kappa shape index (κ3) is 4.10. The summed E-state index contributed by atoms with van der Waals surface area (Å²) >= 11 is 0. The summed E-state index contributed by atoms with van der Waals surface area (Å²) in [6, 6.07) is 0.296. The molecule has 1 fully saturated rings. The highest BCUT2D eigenvalue weighted by Crippen LogP contribution is 2.10. The molecule has 16 heavy (non-hydrogen) atoms. The fourth-order valence-corrected chi connectivity index (χ4v) is 2.01. The van der Waals surface area contributed by atoms with Crippen molar-refractivity contribution in [3.05, 3.63) is 0 Å². The van der Waals surface area contributed by atoms with Crippen LogP contribution in [0.2, 0.25) is 0 Å². The molecule has 1 heterocycles. The number of nitrogens with zero attached hydrogens (tertiary/aromatic N) is 1. The number of nitrogens with one attached hydrogen (secondary N) is 1. The molecule has 0 amide bonds. The number of carbonyl (C=O) groups excluding carboxylic acids is 1. The zero-order valence-electron chi connectivity index (χ0n) is 10.7. The normalized spacial score (nSPS) is 20.7. The monoisotopic (exact) mass is 228 g/mol. The van der Waals surface area contributed by atoms with Crippen molar-refractivity contribution in [2.75, 3.05) is 26.2 Å². The Morgan fingerprint density at radius 2 is 2.00 bits per heavy atom.